The summed E-state index contributed by atoms with van der Waals surface area (Å²) in [6.07, 6.45) is 0. The molecule has 90 valence electrons. The zero-order valence-corrected chi connectivity index (χ0v) is 11.5. The van der Waals surface area contributed by atoms with Crippen LogP contribution in [0.5, 0.6) is 0 Å². The van der Waals surface area contributed by atoms with Crippen molar-refractivity contribution in [3.8, 4) is 11.1 Å². The quantitative estimate of drug-likeness (QED) is 0.844. The molecule has 0 saturated heterocycles. The molecule has 0 amide bonds. The van der Waals surface area contributed by atoms with E-state index < -0.39 is 0 Å². The Kier molecular flexibility index (Phi) is 3.36. The molecule has 0 fully saturated rings. The molecular weight excluding hydrogens is 226 g/mol. The molecule has 2 heteroatoms. The second-order valence-electron chi connectivity index (χ2n) is 5.34. The van der Waals surface area contributed by atoms with E-state index >= 15 is 0 Å². The zero-order chi connectivity index (χ0) is 12.5. The van der Waals surface area contributed by atoms with Gasteiger partial charge in [-0.2, -0.15) is 11.3 Å². The first kappa shape index (κ1) is 12.3. The van der Waals surface area contributed by atoms with Crippen molar-refractivity contribution in [3.05, 3.63) is 46.2 Å². The van der Waals surface area contributed by atoms with Gasteiger partial charge in [-0.3, -0.25) is 0 Å². The van der Waals surface area contributed by atoms with E-state index in [2.05, 4.69) is 55.8 Å². The van der Waals surface area contributed by atoms with Crippen LogP contribution in [0.1, 0.15) is 31.9 Å². The van der Waals surface area contributed by atoms with Gasteiger partial charge < -0.3 is 5.73 Å². The molecule has 0 bridgehead atoms. The van der Waals surface area contributed by atoms with Crippen molar-refractivity contribution in [1.29, 1.82) is 0 Å². The van der Waals surface area contributed by atoms with Crippen LogP contribution in [0.2, 0.25) is 0 Å². The minimum atomic E-state index is 0.212. The maximum atomic E-state index is 5.74. The van der Waals surface area contributed by atoms with Gasteiger partial charge >= 0.3 is 0 Å². The highest BCUT2D eigenvalue weighted by atomic mass is 32.1. The Morgan fingerprint density at radius 3 is 2.24 bits per heavy atom. The van der Waals surface area contributed by atoms with Crippen LogP contribution in [-0.2, 0) is 12.0 Å². The summed E-state index contributed by atoms with van der Waals surface area (Å²) in [5, 5.41) is 4.31. The first-order chi connectivity index (χ1) is 8.02. The summed E-state index contributed by atoms with van der Waals surface area (Å²) >= 11 is 1.72. The predicted octanol–water partition coefficient (Wildman–Crippen LogP) is 4.17. The lowest BCUT2D eigenvalue weighted by atomic mass is 9.86. The van der Waals surface area contributed by atoms with Gasteiger partial charge in [0, 0.05) is 6.54 Å². The first-order valence-electron chi connectivity index (χ1n) is 5.88. The van der Waals surface area contributed by atoms with Gasteiger partial charge in [0.15, 0.2) is 0 Å². The van der Waals surface area contributed by atoms with Crippen molar-refractivity contribution < 1.29 is 0 Å². The minimum Gasteiger partial charge on any atom is -0.326 e. The number of hydrogen-bond donors (Lipinski definition) is 1. The molecule has 0 aliphatic rings. The van der Waals surface area contributed by atoms with Gasteiger partial charge in [0.2, 0.25) is 0 Å². The largest absolute Gasteiger partial charge is 0.326 e. The summed E-state index contributed by atoms with van der Waals surface area (Å²) in [5.41, 5.74) is 11.1. The van der Waals surface area contributed by atoms with Gasteiger partial charge in [-0.25, -0.2) is 0 Å². The average Bonchev–Trinajstić information content (AvgIpc) is 2.76. The van der Waals surface area contributed by atoms with Gasteiger partial charge in [0.25, 0.3) is 0 Å². The Balaban J connectivity index is 2.36. The number of benzene rings is 1. The lowest BCUT2D eigenvalue weighted by molar-refractivity contribution is 0.590. The molecule has 0 aliphatic carbocycles. The van der Waals surface area contributed by atoms with E-state index in [1.807, 2.05) is 0 Å². The fourth-order valence-electron chi connectivity index (χ4n) is 1.88. The Hall–Kier alpha value is -1.12. The number of hydrogen-bond acceptors (Lipinski definition) is 2. The molecule has 17 heavy (non-hydrogen) atoms. The monoisotopic (exact) mass is 245 g/mol. The topological polar surface area (TPSA) is 26.0 Å². The summed E-state index contributed by atoms with van der Waals surface area (Å²) in [5.74, 6) is 0. The van der Waals surface area contributed by atoms with E-state index in [1.54, 1.807) is 11.3 Å². The van der Waals surface area contributed by atoms with E-state index in [1.165, 1.54) is 22.3 Å². The number of thiophene rings is 1. The van der Waals surface area contributed by atoms with Crippen molar-refractivity contribution in [2.45, 2.75) is 32.7 Å². The molecule has 0 aliphatic heterocycles. The second kappa shape index (κ2) is 4.63. The van der Waals surface area contributed by atoms with Gasteiger partial charge in [-0.1, -0.05) is 45.0 Å². The van der Waals surface area contributed by atoms with Gasteiger partial charge in [0.1, 0.15) is 0 Å². The number of nitrogens with two attached hydrogens (primary N) is 1. The predicted molar refractivity (Wildman–Crippen MR) is 76.3 cm³/mol. The van der Waals surface area contributed by atoms with Crippen molar-refractivity contribution >= 4 is 11.3 Å². The maximum absolute atomic E-state index is 5.74. The number of rotatable bonds is 2. The average molecular weight is 245 g/mol. The molecule has 2 aromatic rings. The summed E-state index contributed by atoms with van der Waals surface area (Å²) in [7, 11) is 0. The lowest BCUT2D eigenvalue weighted by Crippen LogP contribution is -2.10. The van der Waals surface area contributed by atoms with E-state index in [0.29, 0.717) is 6.54 Å². The molecule has 1 nitrogen and oxygen atoms in total. The fourth-order valence-corrected chi connectivity index (χ4v) is 2.76. The second-order valence-corrected chi connectivity index (χ2v) is 6.09. The minimum absolute atomic E-state index is 0.212. The van der Waals surface area contributed by atoms with Crippen molar-refractivity contribution in [3.63, 3.8) is 0 Å². The molecule has 2 rings (SSSR count). The van der Waals surface area contributed by atoms with Crippen molar-refractivity contribution in [2.24, 2.45) is 5.73 Å². The van der Waals surface area contributed by atoms with E-state index in [-0.39, 0.29) is 5.41 Å². The third-order valence-electron chi connectivity index (χ3n) is 3.02. The highest BCUT2D eigenvalue weighted by molar-refractivity contribution is 7.08. The van der Waals surface area contributed by atoms with Crippen LogP contribution in [0.25, 0.3) is 11.1 Å². The Bertz CT molecular complexity index is 488. The third kappa shape index (κ3) is 2.59. The van der Waals surface area contributed by atoms with E-state index in [9.17, 15) is 0 Å². The van der Waals surface area contributed by atoms with Crippen molar-refractivity contribution in [2.75, 3.05) is 0 Å². The Labute approximate surface area is 107 Å². The van der Waals surface area contributed by atoms with Crippen LogP contribution in [0, 0.1) is 0 Å². The molecule has 1 heterocycles. The first-order valence-corrected chi connectivity index (χ1v) is 6.82. The van der Waals surface area contributed by atoms with Crippen LogP contribution in [-0.4, -0.2) is 0 Å². The van der Waals surface area contributed by atoms with E-state index in [4.69, 9.17) is 5.73 Å². The molecule has 1 aromatic heterocycles. The highest BCUT2D eigenvalue weighted by Gasteiger charge is 2.13. The SMILES string of the molecule is CC(C)(C)c1ccc(-c2cscc2CN)cc1. The van der Waals surface area contributed by atoms with E-state index in [0.717, 1.165) is 0 Å². The van der Waals surface area contributed by atoms with Crippen LogP contribution in [0.3, 0.4) is 0 Å². The molecular formula is C15H19NS. The molecule has 0 unspecified atom stereocenters. The van der Waals surface area contributed by atoms with Crippen molar-refractivity contribution in [1.82, 2.24) is 0 Å². The van der Waals surface area contributed by atoms with Gasteiger partial charge in [-0.05, 0) is 38.4 Å². The lowest BCUT2D eigenvalue weighted by Gasteiger charge is -2.19. The van der Waals surface area contributed by atoms with Crippen LogP contribution in [0.15, 0.2) is 35.0 Å². The van der Waals surface area contributed by atoms with Gasteiger partial charge in [0.05, 0.1) is 0 Å². The standard InChI is InChI=1S/C15H19NS/c1-15(2,3)13-6-4-11(5-7-13)14-10-17-9-12(14)8-16/h4-7,9-10H,8,16H2,1-3H3. The molecule has 0 radical (unpaired) electrons. The maximum Gasteiger partial charge on any atom is 0.0192 e. The zero-order valence-electron chi connectivity index (χ0n) is 10.7. The normalized spacial score (nSPS) is 11.8. The fraction of sp³-hybridized carbons (Fsp3) is 0.333. The molecule has 1 aromatic carbocycles. The van der Waals surface area contributed by atoms with Crippen LogP contribution >= 0.6 is 11.3 Å². The third-order valence-corrected chi connectivity index (χ3v) is 3.82. The molecule has 0 spiro atoms. The molecule has 2 N–H and O–H groups in total. The molecule has 0 saturated carbocycles. The summed E-state index contributed by atoms with van der Waals surface area (Å²) < 4.78 is 0. The summed E-state index contributed by atoms with van der Waals surface area (Å²) in [6.45, 7) is 7.31. The van der Waals surface area contributed by atoms with Crippen LogP contribution in [0.4, 0.5) is 0 Å². The Morgan fingerprint density at radius 1 is 1.06 bits per heavy atom. The highest BCUT2D eigenvalue weighted by Crippen LogP contribution is 2.29. The smallest absolute Gasteiger partial charge is 0.0192 e. The van der Waals surface area contributed by atoms with Crippen LogP contribution < -0.4 is 5.73 Å². The molecule has 0 atom stereocenters. The Morgan fingerprint density at radius 2 is 1.71 bits per heavy atom. The van der Waals surface area contributed by atoms with Gasteiger partial charge in [-0.15, -0.1) is 0 Å². The summed E-state index contributed by atoms with van der Waals surface area (Å²) in [4.78, 5) is 0. The summed E-state index contributed by atoms with van der Waals surface area (Å²) in [6, 6.07) is 8.82.